The summed E-state index contributed by atoms with van der Waals surface area (Å²) in [6.45, 7) is 2.52. The first-order chi connectivity index (χ1) is 8.36. The largest absolute Gasteiger partial charge is 0.875 e. The van der Waals surface area contributed by atoms with Gasteiger partial charge in [0.05, 0.1) is 17.4 Å². The smallest absolute Gasteiger partial charge is 0.343 e. The van der Waals surface area contributed by atoms with E-state index in [9.17, 15) is 14.7 Å². The highest BCUT2D eigenvalue weighted by Crippen LogP contribution is 2.11. The Morgan fingerprint density at radius 2 is 2.06 bits per heavy atom. The molecule has 0 aromatic carbocycles. The van der Waals surface area contributed by atoms with Crippen LogP contribution in [0.5, 0.6) is 0 Å². The average Bonchev–Trinajstić information content (AvgIpc) is 2.58. The van der Waals surface area contributed by atoms with E-state index in [1.54, 1.807) is 0 Å². The van der Waals surface area contributed by atoms with E-state index in [0.29, 0.717) is 0 Å². The van der Waals surface area contributed by atoms with Gasteiger partial charge in [0.1, 0.15) is 12.6 Å². The molecule has 0 aliphatic rings. The zero-order valence-electron chi connectivity index (χ0n) is 10.6. The molecule has 0 unspecified atom stereocenters. The molecule has 0 atom stereocenters. The molecule has 0 spiro atoms. The van der Waals surface area contributed by atoms with Gasteiger partial charge in [0.2, 0.25) is 0 Å². The Morgan fingerprint density at radius 3 is 2.50 bits per heavy atom. The zero-order valence-corrected chi connectivity index (χ0v) is 10.6. The monoisotopic (exact) mass is 254 g/mol. The molecule has 0 fully saturated rings. The van der Waals surface area contributed by atoms with Gasteiger partial charge in [0.15, 0.2) is 12.3 Å². The minimum Gasteiger partial charge on any atom is -0.875 e. The van der Waals surface area contributed by atoms with Crippen molar-refractivity contribution in [2.45, 2.75) is 20.4 Å². The fourth-order valence-electron chi connectivity index (χ4n) is 1.40. The molecule has 0 N–H and O–H groups in total. The lowest BCUT2D eigenvalue weighted by Crippen LogP contribution is -2.44. The Kier molecular flexibility index (Phi) is 4.13. The first-order valence-corrected chi connectivity index (χ1v) is 5.14. The molecule has 98 valence electrons. The second-order valence-corrected chi connectivity index (χ2v) is 3.68. The Balaban J connectivity index is 3.33. The number of ether oxygens (including phenoxy) is 1. The molecule has 1 heterocycles. The summed E-state index contributed by atoms with van der Waals surface area (Å²) in [5, 5.41) is 19.3. The highest BCUT2D eigenvalue weighted by Gasteiger charge is 2.28. The number of hydrogen-bond acceptors (Lipinski definition) is 6. The number of aryl methyl sites for hydroxylation is 1. The molecule has 0 amide bonds. The van der Waals surface area contributed by atoms with Crippen LogP contribution in [0.2, 0.25) is 0 Å². The standard InChI is InChI=1S/C10H14N4O4/c1-6(15)5-14-9(11-13(3)12-14)8(7(2)16)10(17)18-4/h5H2,1-4H3. The molecule has 0 bridgehead atoms. The lowest BCUT2D eigenvalue weighted by atomic mass is 10.2. The average molecular weight is 254 g/mol. The Morgan fingerprint density at radius 1 is 1.44 bits per heavy atom. The minimum atomic E-state index is -0.805. The first-order valence-electron chi connectivity index (χ1n) is 5.14. The van der Waals surface area contributed by atoms with Gasteiger partial charge in [-0.1, -0.05) is 6.92 Å². The summed E-state index contributed by atoms with van der Waals surface area (Å²) in [6.07, 6.45) is 0. The van der Waals surface area contributed by atoms with Gasteiger partial charge in [-0.15, -0.1) is 10.4 Å². The van der Waals surface area contributed by atoms with Crippen molar-refractivity contribution >= 4 is 17.3 Å². The number of aromatic nitrogens is 4. The molecule has 0 radical (unpaired) electrons. The maximum atomic E-state index is 11.5. The molecule has 8 heteroatoms. The summed E-state index contributed by atoms with van der Waals surface area (Å²) in [5.41, 5.74) is -0.230. The van der Waals surface area contributed by atoms with E-state index in [4.69, 9.17) is 0 Å². The van der Waals surface area contributed by atoms with Crippen molar-refractivity contribution in [1.82, 2.24) is 15.1 Å². The fourth-order valence-corrected chi connectivity index (χ4v) is 1.40. The van der Waals surface area contributed by atoms with Crippen molar-refractivity contribution in [2.75, 3.05) is 7.11 Å². The number of ketones is 1. The predicted octanol–water partition coefficient (Wildman–Crippen LogP) is -2.04. The van der Waals surface area contributed by atoms with E-state index in [-0.39, 0.29) is 23.7 Å². The maximum absolute atomic E-state index is 11.5. The molecule has 0 aliphatic carbocycles. The molecule has 1 rings (SSSR count). The highest BCUT2D eigenvalue weighted by molar-refractivity contribution is 6.15. The van der Waals surface area contributed by atoms with Gasteiger partial charge >= 0.3 is 11.8 Å². The summed E-state index contributed by atoms with van der Waals surface area (Å²) >= 11 is 0. The molecular weight excluding hydrogens is 240 g/mol. The Bertz CT molecular complexity index is 514. The molecule has 0 saturated heterocycles. The van der Waals surface area contributed by atoms with E-state index in [0.717, 1.165) is 7.11 Å². The molecule has 1 aromatic heterocycles. The fraction of sp³-hybridized carbons (Fsp3) is 0.500. The molecule has 1 aromatic rings. The van der Waals surface area contributed by atoms with E-state index < -0.39 is 11.7 Å². The highest BCUT2D eigenvalue weighted by atomic mass is 16.5. The summed E-state index contributed by atoms with van der Waals surface area (Å²) in [7, 11) is 2.69. The SMILES string of the molecule is COC(=O)/C(=C(\C)[O-])c1nn(C)n[n+]1CC(C)=O. The lowest BCUT2D eigenvalue weighted by molar-refractivity contribution is -0.746. The molecule has 0 aliphatic heterocycles. The van der Waals surface area contributed by atoms with E-state index >= 15 is 0 Å². The number of Topliss-reactive ketones (excluding diaryl/α,β-unsaturated/α-hetero) is 1. The van der Waals surface area contributed by atoms with Crippen LogP contribution in [0.15, 0.2) is 5.76 Å². The van der Waals surface area contributed by atoms with Crippen molar-refractivity contribution < 1.29 is 24.1 Å². The number of carbonyl (C=O) groups excluding carboxylic acids is 2. The lowest BCUT2D eigenvalue weighted by Gasteiger charge is -2.09. The van der Waals surface area contributed by atoms with Gasteiger partial charge in [-0.3, -0.25) is 4.79 Å². The van der Waals surface area contributed by atoms with Gasteiger partial charge in [0.25, 0.3) is 0 Å². The van der Waals surface area contributed by atoms with Gasteiger partial charge < -0.3 is 9.84 Å². The maximum Gasteiger partial charge on any atom is 0.343 e. The normalized spacial score (nSPS) is 12.0. The summed E-state index contributed by atoms with van der Waals surface area (Å²) in [6, 6.07) is 0. The van der Waals surface area contributed by atoms with Crippen molar-refractivity contribution in [3.05, 3.63) is 11.6 Å². The van der Waals surface area contributed by atoms with E-state index in [1.807, 2.05) is 0 Å². The summed E-state index contributed by atoms with van der Waals surface area (Å²) < 4.78 is 5.72. The third-order valence-corrected chi connectivity index (χ3v) is 2.06. The second kappa shape index (κ2) is 5.39. The predicted molar refractivity (Wildman–Crippen MR) is 56.5 cm³/mol. The van der Waals surface area contributed by atoms with Gasteiger partial charge in [-0.25, -0.2) is 4.79 Å². The van der Waals surface area contributed by atoms with Crippen LogP contribution in [0.1, 0.15) is 19.7 Å². The summed E-state index contributed by atoms with van der Waals surface area (Å²) in [4.78, 5) is 23.8. The summed E-state index contributed by atoms with van der Waals surface area (Å²) in [5.74, 6) is -1.46. The molecular formula is C10H14N4O4. The van der Waals surface area contributed by atoms with Crippen molar-refractivity contribution in [2.24, 2.45) is 7.05 Å². The number of rotatable bonds is 4. The van der Waals surface area contributed by atoms with Crippen LogP contribution >= 0.6 is 0 Å². The number of methoxy groups -OCH3 is 1. The molecule has 8 nitrogen and oxygen atoms in total. The Labute approximate surface area is 103 Å². The van der Waals surface area contributed by atoms with Gasteiger partial charge in [-0.2, -0.15) is 0 Å². The van der Waals surface area contributed by atoms with Crippen LogP contribution in [0.4, 0.5) is 0 Å². The van der Waals surface area contributed by atoms with Crippen LogP contribution in [0.3, 0.4) is 0 Å². The van der Waals surface area contributed by atoms with Crippen molar-refractivity contribution in [3.63, 3.8) is 0 Å². The Hall–Kier alpha value is -2.25. The first kappa shape index (κ1) is 13.8. The third kappa shape index (κ3) is 2.90. The van der Waals surface area contributed by atoms with E-state index in [1.165, 1.54) is 30.4 Å². The quantitative estimate of drug-likeness (QED) is 0.265. The third-order valence-electron chi connectivity index (χ3n) is 2.06. The van der Waals surface area contributed by atoms with Crippen molar-refractivity contribution in [3.8, 4) is 0 Å². The number of nitrogens with zero attached hydrogens (tertiary/aromatic N) is 4. The van der Waals surface area contributed by atoms with Gasteiger partial charge in [-0.05, 0) is 11.7 Å². The number of esters is 1. The van der Waals surface area contributed by atoms with Crippen LogP contribution in [0, 0.1) is 0 Å². The number of hydrogen-bond donors (Lipinski definition) is 0. The molecule has 0 saturated carbocycles. The number of carbonyl (C=O) groups is 2. The van der Waals surface area contributed by atoms with Crippen molar-refractivity contribution in [1.29, 1.82) is 0 Å². The second-order valence-electron chi connectivity index (χ2n) is 3.68. The minimum absolute atomic E-state index is 0.0204. The van der Waals surface area contributed by atoms with E-state index in [2.05, 4.69) is 15.0 Å². The van der Waals surface area contributed by atoms with Crippen LogP contribution in [0.25, 0.3) is 5.57 Å². The zero-order chi connectivity index (χ0) is 13.9. The van der Waals surface area contributed by atoms with Crippen LogP contribution < -0.4 is 9.79 Å². The van der Waals surface area contributed by atoms with Crippen LogP contribution in [-0.2, 0) is 27.9 Å². The van der Waals surface area contributed by atoms with Gasteiger partial charge in [0, 0.05) is 0 Å². The topological polar surface area (TPSA) is 101 Å². The number of allylic oxidation sites excluding steroid dienone is 1. The number of tetrazole rings is 1. The molecule has 18 heavy (non-hydrogen) atoms. The van der Waals surface area contributed by atoms with Crippen LogP contribution in [-0.4, -0.2) is 34.0 Å².